The van der Waals surface area contributed by atoms with Crippen molar-refractivity contribution in [1.29, 1.82) is 0 Å². The summed E-state index contributed by atoms with van der Waals surface area (Å²) < 4.78 is 36.5. The molecule has 0 aliphatic heterocycles. The maximum absolute atomic E-state index is 12.2. The smallest absolute Gasteiger partial charge is 0.171 e. The van der Waals surface area contributed by atoms with Gasteiger partial charge in [0.15, 0.2) is 0 Å². The summed E-state index contributed by atoms with van der Waals surface area (Å²) in [4.78, 5) is 0. The molecule has 0 aromatic heterocycles. The van der Waals surface area contributed by atoms with Gasteiger partial charge < -0.3 is 0 Å². The minimum Gasteiger partial charge on any atom is -0.171 e. The van der Waals surface area contributed by atoms with E-state index in [0.29, 0.717) is 0 Å². The molecule has 0 saturated heterocycles. The van der Waals surface area contributed by atoms with E-state index in [0.717, 1.165) is 0 Å². The van der Waals surface area contributed by atoms with Crippen molar-refractivity contribution >= 4 is 7.92 Å². The summed E-state index contributed by atoms with van der Waals surface area (Å²) >= 11 is 0. The standard InChI is InChI=1S/C10H12F3P/c1-5-8(3)14(9(4)6-2)7-10(11,12)13/h1-2,8-9H,7H2,3-4H3. The molecule has 0 spiro atoms. The maximum Gasteiger partial charge on any atom is 0.392 e. The molecular weight excluding hydrogens is 208 g/mol. The van der Waals surface area contributed by atoms with E-state index >= 15 is 0 Å². The Kier molecular flexibility index (Phi) is 5.03. The fourth-order valence-corrected chi connectivity index (χ4v) is 3.02. The van der Waals surface area contributed by atoms with Gasteiger partial charge >= 0.3 is 6.18 Å². The van der Waals surface area contributed by atoms with E-state index in [-0.39, 0.29) is 0 Å². The Morgan fingerprint density at radius 3 is 1.71 bits per heavy atom. The zero-order valence-corrected chi connectivity index (χ0v) is 8.99. The van der Waals surface area contributed by atoms with Crippen molar-refractivity contribution in [3.63, 3.8) is 0 Å². The molecule has 78 valence electrons. The van der Waals surface area contributed by atoms with Crippen LogP contribution >= 0.6 is 7.92 Å². The van der Waals surface area contributed by atoms with Crippen molar-refractivity contribution in [2.45, 2.75) is 31.3 Å². The second-order valence-corrected chi connectivity index (χ2v) is 5.87. The molecule has 0 fully saturated rings. The highest BCUT2D eigenvalue weighted by molar-refractivity contribution is 7.59. The first-order valence-electron chi connectivity index (χ1n) is 4.06. The number of hydrogen-bond acceptors (Lipinski definition) is 0. The third-order valence-electron chi connectivity index (χ3n) is 1.84. The van der Waals surface area contributed by atoms with Crippen LogP contribution in [0.5, 0.6) is 0 Å². The van der Waals surface area contributed by atoms with Crippen molar-refractivity contribution < 1.29 is 13.2 Å². The lowest BCUT2D eigenvalue weighted by Crippen LogP contribution is -2.20. The summed E-state index contributed by atoms with van der Waals surface area (Å²) in [5.74, 6) is 4.67. The van der Waals surface area contributed by atoms with E-state index in [2.05, 4.69) is 11.8 Å². The second-order valence-electron chi connectivity index (χ2n) is 2.97. The van der Waals surface area contributed by atoms with Crippen LogP contribution in [0.4, 0.5) is 13.2 Å². The number of halogens is 3. The molecule has 14 heavy (non-hydrogen) atoms. The van der Waals surface area contributed by atoms with Crippen LogP contribution in [0, 0.1) is 24.7 Å². The molecule has 0 bridgehead atoms. The molecule has 0 aromatic rings. The van der Waals surface area contributed by atoms with Gasteiger partial charge in [-0.3, -0.25) is 0 Å². The Labute approximate surface area is 84.0 Å². The Morgan fingerprint density at radius 2 is 1.50 bits per heavy atom. The molecule has 2 unspecified atom stereocenters. The summed E-state index contributed by atoms with van der Waals surface area (Å²) in [6, 6.07) is 0. The molecule has 0 nitrogen and oxygen atoms in total. The van der Waals surface area contributed by atoms with Gasteiger partial charge in [-0.05, 0) is 13.8 Å². The van der Waals surface area contributed by atoms with Crippen LogP contribution < -0.4 is 0 Å². The number of alkyl halides is 3. The zero-order chi connectivity index (χ0) is 11.4. The third kappa shape index (κ3) is 4.54. The quantitative estimate of drug-likeness (QED) is 0.506. The van der Waals surface area contributed by atoms with E-state index in [1.807, 2.05) is 0 Å². The molecule has 0 N–H and O–H groups in total. The minimum atomic E-state index is -4.18. The lowest BCUT2D eigenvalue weighted by Gasteiger charge is -2.25. The van der Waals surface area contributed by atoms with E-state index in [1.165, 1.54) is 0 Å². The molecule has 0 radical (unpaired) electrons. The van der Waals surface area contributed by atoms with E-state index in [1.54, 1.807) is 13.8 Å². The van der Waals surface area contributed by atoms with E-state index in [4.69, 9.17) is 12.8 Å². The highest BCUT2D eigenvalue weighted by atomic mass is 31.1. The van der Waals surface area contributed by atoms with Crippen molar-refractivity contribution in [2.24, 2.45) is 0 Å². The van der Waals surface area contributed by atoms with Gasteiger partial charge in [0.05, 0.1) is 6.16 Å². The van der Waals surface area contributed by atoms with Crippen molar-refractivity contribution in [3.05, 3.63) is 0 Å². The van der Waals surface area contributed by atoms with Crippen molar-refractivity contribution in [1.82, 2.24) is 0 Å². The summed E-state index contributed by atoms with van der Waals surface area (Å²) in [5, 5.41) is 0. The average Bonchev–Trinajstić information content (AvgIpc) is 2.10. The van der Waals surface area contributed by atoms with Gasteiger partial charge in [0.1, 0.15) is 0 Å². The van der Waals surface area contributed by atoms with Crippen LogP contribution in [0.25, 0.3) is 0 Å². The normalized spacial score (nSPS) is 17.6. The summed E-state index contributed by atoms with van der Waals surface area (Å²) in [6.07, 6.45) is 5.20. The molecule has 4 heteroatoms. The summed E-state index contributed by atoms with van der Waals surface area (Å²) in [5.41, 5.74) is -0.782. The van der Waals surface area contributed by atoms with E-state index < -0.39 is 31.6 Å². The Bertz CT molecular complexity index is 236. The van der Waals surface area contributed by atoms with Gasteiger partial charge in [0.2, 0.25) is 0 Å². The second kappa shape index (κ2) is 5.28. The molecule has 0 aliphatic carbocycles. The lowest BCUT2D eigenvalue weighted by atomic mass is 10.5. The van der Waals surface area contributed by atoms with Crippen molar-refractivity contribution in [2.75, 3.05) is 6.16 Å². The molecule has 0 amide bonds. The SMILES string of the molecule is C#CC(C)P(CC(F)(F)F)C(C)C#C. The number of terminal acetylenes is 2. The molecule has 2 atom stereocenters. The van der Waals surface area contributed by atoms with Crippen LogP contribution in [0.1, 0.15) is 13.8 Å². The highest BCUT2D eigenvalue weighted by Crippen LogP contribution is 2.49. The molecule has 0 aliphatic rings. The fraction of sp³-hybridized carbons (Fsp3) is 0.600. The van der Waals surface area contributed by atoms with Gasteiger partial charge in [-0.15, -0.1) is 12.8 Å². The number of hydrogen-bond donors (Lipinski definition) is 0. The molecule has 0 heterocycles. The average molecular weight is 220 g/mol. The van der Waals surface area contributed by atoms with E-state index in [9.17, 15) is 13.2 Å². The summed E-state index contributed by atoms with van der Waals surface area (Å²) in [6.45, 7) is 3.23. The summed E-state index contributed by atoms with van der Waals surface area (Å²) in [7, 11) is -1.37. The maximum atomic E-state index is 12.2. The van der Waals surface area contributed by atoms with Gasteiger partial charge in [-0.2, -0.15) is 13.2 Å². The van der Waals surface area contributed by atoms with Gasteiger partial charge in [0.25, 0.3) is 0 Å². The molecule has 0 aromatic carbocycles. The third-order valence-corrected chi connectivity index (χ3v) is 4.85. The molecular formula is C10H12F3P. The zero-order valence-electron chi connectivity index (χ0n) is 8.10. The Balaban J connectivity index is 4.61. The lowest BCUT2D eigenvalue weighted by molar-refractivity contribution is -0.106. The first kappa shape index (κ1) is 13.3. The van der Waals surface area contributed by atoms with Crippen LogP contribution in [-0.2, 0) is 0 Å². The predicted molar refractivity (Wildman–Crippen MR) is 54.4 cm³/mol. The van der Waals surface area contributed by atoms with Crippen molar-refractivity contribution in [3.8, 4) is 24.7 Å². The van der Waals surface area contributed by atoms with Gasteiger partial charge in [0, 0.05) is 11.3 Å². The van der Waals surface area contributed by atoms with Gasteiger partial charge in [-0.25, -0.2) is 0 Å². The Hall–Kier alpha value is -0.660. The van der Waals surface area contributed by atoms with Gasteiger partial charge in [-0.1, -0.05) is 19.8 Å². The largest absolute Gasteiger partial charge is 0.392 e. The molecule has 0 saturated carbocycles. The van der Waals surface area contributed by atoms with Crippen LogP contribution in [-0.4, -0.2) is 23.7 Å². The highest BCUT2D eigenvalue weighted by Gasteiger charge is 2.35. The van der Waals surface area contributed by atoms with Crippen LogP contribution in [0.2, 0.25) is 0 Å². The fourth-order valence-electron chi connectivity index (χ4n) is 1.01. The minimum absolute atomic E-state index is 0.391. The monoisotopic (exact) mass is 220 g/mol. The van der Waals surface area contributed by atoms with Crippen LogP contribution in [0.3, 0.4) is 0 Å². The Morgan fingerprint density at radius 1 is 1.14 bits per heavy atom. The molecule has 0 rings (SSSR count). The first-order chi connectivity index (χ1) is 6.31. The first-order valence-corrected chi connectivity index (χ1v) is 5.73. The number of rotatable bonds is 3. The topological polar surface area (TPSA) is 0 Å². The van der Waals surface area contributed by atoms with Crippen LogP contribution in [0.15, 0.2) is 0 Å². The predicted octanol–water partition coefficient (Wildman–Crippen LogP) is 3.07.